The topological polar surface area (TPSA) is 67.2 Å². The molecule has 6 heteroatoms. The highest BCUT2D eigenvalue weighted by Crippen LogP contribution is 2.28. The van der Waals surface area contributed by atoms with Crippen molar-refractivity contribution in [2.45, 2.75) is 39.0 Å². The quantitative estimate of drug-likeness (QED) is 0.779. The van der Waals surface area contributed by atoms with Crippen LogP contribution in [0, 0.1) is 30.6 Å². The molecule has 0 unspecified atom stereocenters. The minimum Gasteiger partial charge on any atom is -0.493 e. The average molecular weight is 316 g/mol. The van der Waals surface area contributed by atoms with Gasteiger partial charge in [-0.1, -0.05) is 0 Å². The molecular weight excluding hydrogens is 298 g/mol. The summed E-state index contributed by atoms with van der Waals surface area (Å²) in [5.41, 5.74) is 0.798. The SMILES string of the molecule is Cc1cc(S(=O)(=O)Cl)c(C)cc1OCCC(C)(C)C#N. The third kappa shape index (κ3) is 4.39. The molecule has 20 heavy (non-hydrogen) atoms. The largest absolute Gasteiger partial charge is 0.493 e. The second kappa shape index (κ2) is 6.02. The Bertz CT molecular complexity index is 645. The van der Waals surface area contributed by atoms with E-state index in [9.17, 15) is 8.42 Å². The summed E-state index contributed by atoms with van der Waals surface area (Å²) in [7, 11) is 1.62. The highest BCUT2D eigenvalue weighted by Gasteiger charge is 2.18. The molecule has 0 amide bonds. The van der Waals surface area contributed by atoms with E-state index >= 15 is 0 Å². The van der Waals surface area contributed by atoms with E-state index in [0.29, 0.717) is 29.9 Å². The first-order chi connectivity index (χ1) is 9.07. The molecule has 0 N–H and O–H groups in total. The first-order valence-electron chi connectivity index (χ1n) is 6.17. The van der Waals surface area contributed by atoms with E-state index < -0.39 is 14.5 Å². The Kier molecular flexibility index (Phi) is 5.06. The van der Waals surface area contributed by atoms with E-state index in [0.717, 1.165) is 0 Å². The van der Waals surface area contributed by atoms with Gasteiger partial charge in [-0.3, -0.25) is 0 Å². The van der Waals surface area contributed by atoms with Gasteiger partial charge >= 0.3 is 0 Å². The molecular formula is C14H18ClNO3S. The van der Waals surface area contributed by atoms with E-state index in [-0.39, 0.29) is 4.90 Å². The second-order valence-corrected chi connectivity index (χ2v) is 7.95. The van der Waals surface area contributed by atoms with Crippen molar-refractivity contribution >= 4 is 19.7 Å². The molecule has 4 nitrogen and oxygen atoms in total. The summed E-state index contributed by atoms with van der Waals surface area (Å²) in [6, 6.07) is 5.36. The van der Waals surface area contributed by atoms with Crippen molar-refractivity contribution in [2.75, 3.05) is 6.61 Å². The van der Waals surface area contributed by atoms with Gasteiger partial charge in [0.2, 0.25) is 0 Å². The highest BCUT2D eigenvalue weighted by molar-refractivity contribution is 8.13. The van der Waals surface area contributed by atoms with Crippen LogP contribution >= 0.6 is 10.7 Å². The molecule has 0 spiro atoms. The van der Waals surface area contributed by atoms with Crippen LogP contribution in [0.4, 0.5) is 0 Å². The second-order valence-electron chi connectivity index (χ2n) is 5.42. The summed E-state index contributed by atoms with van der Waals surface area (Å²) >= 11 is 0. The summed E-state index contributed by atoms with van der Waals surface area (Å²) in [4.78, 5) is 0.0985. The zero-order valence-electron chi connectivity index (χ0n) is 12.0. The van der Waals surface area contributed by atoms with Gasteiger partial charge in [-0.25, -0.2) is 8.42 Å². The lowest BCUT2D eigenvalue weighted by Crippen LogP contribution is -2.13. The smallest absolute Gasteiger partial charge is 0.261 e. The van der Waals surface area contributed by atoms with E-state index in [2.05, 4.69) is 6.07 Å². The van der Waals surface area contributed by atoms with E-state index in [1.165, 1.54) is 6.07 Å². The Morgan fingerprint density at radius 2 is 1.90 bits per heavy atom. The number of rotatable bonds is 5. The molecule has 1 aromatic rings. The first kappa shape index (κ1) is 16.8. The van der Waals surface area contributed by atoms with E-state index in [4.69, 9.17) is 20.7 Å². The van der Waals surface area contributed by atoms with Gasteiger partial charge in [0.05, 0.1) is 23.0 Å². The average Bonchev–Trinajstić information content (AvgIpc) is 2.31. The monoisotopic (exact) mass is 315 g/mol. The van der Waals surface area contributed by atoms with Gasteiger partial charge in [0.15, 0.2) is 0 Å². The lowest BCUT2D eigenvalue weighted by Gasteiger charge is -2.17. The molecule has 0 aliphatic carbocycles. The fraction of sp³-hybridized carbons (Fsp3) is 0.500. The molecule has 0 aromatic heterocycles. The van der Waals surface area contributed by atoms with Crippen LogP contribution in [0.1, 0.15) is 31.4 Å². The van der Waals surface area contributed by atoms with Crippen LogP contribution in [0.15, 0.2) is 17.0 Å². The number of hydrogen-bond acceptors (Lipinski definition) is 4. The lowest BCUT2D eigenvalue weighted by molar-refractivity contribution is 0.263. The molecule has 0 fully saturated rings. The van der Waals surface area contributed by atoms with E-state index in [1.54, 1.807) is 19.9 Å². The molecule has 0 bridgehead atoms. The third-order valence-corrected chi connectivity index (χ3v) is 4.49. The molecule has 0 aliphatic heterocycles. The maximum absolute atomic E-state index is 11.4. The van der Waals surface area contributed by atoms with E-state index in [1.807, 2.05) is 13.8 Å². The molecule has 0 aliphatic rings. The molecule has 0 saturated heterocycles. The van der Waals surface area contributed by atoms with Gasteiger partial charge in [0.25, 0.3) is 9.05 Å². The van der Waals surface area contributed by atoms with Crippen molar-refractivity contribution in [1.29, 1.82) is 5.26 Å². The molecule has 110 valence electrons. The highest BCUT2D eigenvalue weighted by atomic mass is 35.7. The summed E-state index contributed by atoms with van der Waals surface area (Å²) < 4.78 is 28.4. The normalized spacial score (nSPS) is 12.0. The molecule has 1 aromatic carbocycles. The van der Waals surface area contributed by atoms with Crippen LogP contribution in [0.25, 0.3) is 0 Å². The number of aryl methyl sites for hydroxylation is 2. The van der Waals surface area contributed by atoms with Crippen molar-refractivity contribution in [3.8, 4) is 11.8 Å². The zero-order chi connectivity index (χ0) is 15.6. The zero-order valence-corrected chi connectivity index (χ0v) is 13.6. The van der Waals surface area contributed by atoms with Gasteiger partial charge in [0.1, 0.15) is 5.75 Å². The van der Waals surface area contributed by atoms with Crippen LogP contribution in [0.5, 0.6) is 5.75 Å². The van der Waals surface area contributed by atoms with Gasteiger partial charge in [-0.15, -0.1) is 0 Å². The third-order valence-electron chi connectivity index (χ3n) is 3.02. The summed E-state index contributed by atoms with van der Waals surface area (Å²) in [6.07, 6.45) is 0.595. The standard InChI is InChI=1S/C14H18ClNO3S/c1-10-8-13(20(15,17)18)11(2)7-12(10)19-6-5-14(3,4)9-16/h7-8H,5-6H2,1-4H3. The Morgan fingerprint density at radius 1 is 1.30 bits per heavy atom. The summed E-state index contributed by atoms with van der Waals surface area (Å²) in [5.74, 6) is 0.611. The molecule has 0 saturated carbocycles. The van der Waals surface area contributed by atoms with Crippen LogP contribution < -0.4 is 4.74 Å². The van der Waals surface area contributed by atoms with Gasteiger partial charge < -0.3 is 4.74 Å². The number of benzene rings is 1. The predicted octanol–water partition coefficient (Wildman–Crippen LogP) is 3.55. The fourth-order valence-corrected chi connectivity index (χ4v) is 2.91. The summed E-state index contributed by atoms with van der Waals surface area (Å²) in [6.45, 7) is 7.51. The number of ether oxygens (including phenoxy) is 1. The molecule has 0 radical (unpaired) electrons. The summed E-state index contributed by atoms with van der Waals surface area (Å²) in [5, 5.41) is 8.93. The van der Waals surface area contributed by atoms with Crippen molar-refractivity contribution in [1.82, 2.24) is 0 Å². The maximum atomic E-state index is 11.4. The van der Waals surface area contributed by atoms with Crippen LogP contribution in [-0.4, -0.2) is 15.0 Å². The first-order valence-corrected chi connectivity index (χ1v) is 8.48. The van der Waals surface area contributed by atoms with Crippen LogP contribution in [0.3, 0.4) is 0 Å². The Labute approximate surface area is 124 Å². The molecule has 1 rings (SSSR count). The Morgan fingerprint density at radius 3 is 2.40 bits per heavy atom. The minimum absolute atomic E-state index is 0.0985. The number of hydrogen-bond donors (Lipinski definition) is 0. The van der Waals surface area contributed by atoms with Crippen molar-refractivity contribution in [3.63, 3.8) is 0 Å². The van der Waals surface area contributed by atoms with Crippen LogP contribution in [0.2, 0.25) is 0 Å². The van der Waals surface area contributed by atoms with Gasteiger partial charge in [-0.2, -0.15) is 5.26 Å². The lowest BCUT2D eigenvalue weighted by atomic mass is 9.92. The Balaban J connectivity index is 2.90. The van der Waals surface area contributed by atoms with Gasteiger partial charge in [0, 0.05) is 10.7 Å². The number of halogens is 1. The van der Waals surface area contributed by atoms with Crippen LogP contribution in [-0.2, 0) is 9.05 Å². The number of nitriles is 1. The Hall–Kier alpha value is -1.25. The minimum atomic E-state index is -3.75. The van der Waals surface area contributed by atoms with Crippen molar-refractivity contribution in [2.24, 2.45) is 5.41 Å². The number of nitrogens with zero attached hydrogens (tertiary/aromatic N) is 1. The fourth-order valence-electron chi connectivity index (χ4n) is 1.65. The predicted molar refractivity (Wildman–Crippen MR) is 78.5 cm³/mol. The van der Waals surface area contributed by atoms with Crippen molar-refractivity contribution < 1.29 is 13.2 Å². The van der Waals surface area contributed by atoms with Gasteiger partial charge in [-0.05, 0) is 57.4 Å². The molecule has 0 atom stereocenters. The van der Waals surface area contributed by atoms with Crippen molar-refractivity contribution in [3.05, 3.63) is 23.3 Å². The molecule has 0 heterocycles. The maximum Gasteiger partial charge on any atom is 0.261 e.